The molecule has 3 fully saturated rings. The molecule has 0 radical (unpaired) electrons. The van der Waals surface area contributed by atoms with E-state index in [0.717, 1.165) is 49.6 Å². The summed E-state index contributed by atoms with van der Waals surface area (Å²) < 4.78 is 0. The third-order valence-electron chi connectivity index (χ3n) is 6.96. The number of amides is 3. The van der Waals surface area contributed by atoms with Crippen LogP contribution in [0.1, 0.15) is 45.1 Å². The Balaban J connectivity index is 1.34. The summed E-state index contributed by atoms with van der Waals surface area (Å²) in [6, 6.07) is 8.27. The predicted octanol–water partition coefficient (Wildman–Crippen LogP) is 3.12. The number of nitrogens with one attached hydrogen (secondary N) is 1. The largest absolute Gasteiger partial charge is 0.339 e. The monoisotopic (exact) mass is 412 g/mol. The van der Waals surface area contributed by atoms with Crippen molar-refractivity contribution in [3.8, 4) is 0 Å². The van der Waals surface area contributed by atoms with Crippen molar-refractivity contribution in [2.24, 2.45) is 11.8 Å². The molecule has 3 amide bonds. The van der Waals surface area contributed by atoms with E-state index < -0.39 is 0 Å². The van der Waals surface area contributed by atoms with Gasteiger partial charge in [0.1, 0.15) is 0 Å². The molecule has 1 aromatic rings. The smallest absolute Gasteiger partial charge is 0.321 e. The molecule has 30 heavy (non-hydrogen) atoms. The highest BCUT2D eigenvalue weighted by Gasteiger charge is 2.37. The van der Waals surface area contributed by atoms with Crippen molar-refractivity contribution < 1.29 is 9.59 Å². The summed E-state index contributed by atoms with van der Waals surface area (Å²) in [5, 5.41) is 2.82. The topological polar surface area (TPSA) is 55.9 Å². The lowest BCUT2D eigenvalue weighted by molar-refractivity contribution is -0.137. The van der Waals surface area contributed by atoms with Gasteiger partial charge in [0.15, 0.2) is 0 Å². The lowest BCUT2D eigenvalue weighted by atomic mass is 9.83. The number of rotatable bonds is 6. The minimum absolute atomic E-state index is 0.0436. The van der Waals surface area contributed by atoms with E-state index in [1.165, 1.54) is 19.4 Å². The first-order chi connectivity index (χ1) is 14.5. The van der Waals surface area contributed by atoms with Gasteiger partial charge in [-0.05, 0) is 61.8 Å². The van der Waals surface area contributed by atoms with Gasteiger partial charge < -0.3 is 15.1 Å². The number of benzene rings is 1. The van der Waals surface area contributed by atoms with E-state index in [0.29, 0.717) is 31.5 Å². The van der Waals surface area contributed by atoms with Crippen LogP contribution in [0, 0.1) is 11.8 Å². The molecule has 3 saturated heterocycles. The van der Waals surface area contributed by atoms with Crippen molar-refractivity contribution in [2.75, 3.05) is 44.2 Å². The molecule has 1 N–H and O–H groups in total. The van der Waals surface area contributed by atoms with Crippen molar-refractivity contribution in [3.63, 3.8) is 0 Å². The number of carbonyl (C=O) groups excluding carboxylic acids is 2. The van der Waals surface area contributed by atoms with Gasteiger partial charge >= 0.3 is 6.03 Å². The van der Waals surface area contributed by atoms with E-state index in [1.807, 2.05) is 24.3 Å². The van der Waals surface area contributed by atoms with Crippen LogP contribution < -0.4 is 10.2 Å². The Morgan fingerprint density at radius 1 is 1.13 bits per heavy atom. The second-order valence-corrected chi connectivity index (χ2v) is 9.56. The first kappa shape index (κ1) is 21.2. The average molecular weight is 413 g/mol. The maximum atomic E-state index is 13.1. The van der Waals surface area contributed by atoms with Crippen LogP contribution in [0.15, 0.2) is 24.3 Å². The Bertz CT molecular complexity index is 748. The molecule has 3 heterocycles. The molecule has 164 valence electrons. The predicted molar refractivity (Wildman–Crippen MR) is 120 cm³/mol. The number of fused-ring (bicyclic) bond motifs is 1. The fourth-order valence-corrected chi connectivity index (χ4v) is 5.22. The van der Waals surface area contributed by atoms with Gasteiger partial charge in [0.05, 0.1) is 6.42 Å². The molecule has 4 rings (SSSR count). The fourth-order valence-electron chi connectivity index (χ4n) is 5.22. The van der Waals surface area contributed by atoms with Gasteiger partial charge in [-0.2, -0.15) is 0 Å². The summed E-state index contributed by atoms with van der Waals surface area (Å²) in [5.41, 5.74) is 1.92. The zero-order chi connectivity index (χ0) is 21.1. The van der Waals surface area contributed by atoms with Crippen LogP contribution in [0.5, 0.6) is 0 Å². The molecule has 0 bridgehead atoms. The van der Waals surface area contributed by atoms with E-state index in [1.54, 1.807) is 4.90 Å². The van der Waals surface area contributed by atoms with E-state index in [4.69, 9.17) is 0 Å². The van der Waals surface area contributed by atoms with Crippen LogP contribution in [-0.2, 0) is 11.2 Å². The van der Waals surface area contributed by atoms with Gasteiger partial charge in [-0.15, -0.1) is 0 Å². The minimum Gasteiger partial charge on any atom is -0.339 e. The Morgan fingerprint density at radius 3 is 2.63 bits per heavy atom. The Hall–Kier alpha value is -2.08. The molecule has 0 aromatic heterocycles. The molecule has 2 atom stereocenters. The second kappa shape index (κ2) is 9.38. The molecular formula is C24H36N4O2. The fraction of sp³-hybridized carbons (Fsp3) is 0.667. The molecule has 6 heteroatoms. The highest BCUT2D eigenvalue weighted by molar-refractivity contribution is 5.94. The van der Waals surface area contributed by atoms with Crippen molar-refractivity contribution in [1.82, 2.24) is 15.1 Å². The van der Waals surface area contributed by atoms with Crippen molar-refractivity contribution >= 4 is 17.6 Å². The lowest BCUT2D eigenvalue weighted by Crippen LogP contribution is -2.56. The van der Waals surface area contributed by atoms with E-state index >= 15 is 0 Å². The number of urea groups is 1. The lowest BCUT2D eigenvalue weighted by Gasteiger charge is -2.47. The maximum Gasteiger partial charge on any atom is 0.321 e. The van der Waals surface area contributed by atoms with Gasteiger partial charge in [-0.25, -0.2) is 4.79 Å². The SMILES string of the molecule is CC(C)CCN1CC[C@H]2[C@@H](CCCN2C(=O)Cc2ccc(N3CCNC3=O)cc2)C1. The Morgan fingerprint density at radius 2 is 1.93 bits per heavy atom. The van der Waals surface area contributed by atoms with Crippen LogP contribution >= 0.6 is 0 Å². The third-order valence-corrected chi connectivity index (χ3v) is 6.96. The van der Waals surface area contributed by atoms with Crippen LogP contribution in [0.4, 0.5) is 10.5 Å². The van der Waals surface area contributed by atoms with E-state index in [-0.39, 0.29) is 11.9 Å². The zero-order valence-electron chi connectivity index (χ0n) is 18.5. The highest BCUT2D eigenvalue weighted by Crippen LogP contribution is 2.31. The van der Waals surface area contributed by atoms with Crippen LogP contribution in [0.2, 0.25) is 0 Å². The Kier molecular flexibility index (Phi) is 6.61. The summed E-state index contributed by atoms with van der Waals surface area (Å²) in [5.74, 6) is 1.63. The van der Waals surface area contributed by atoms with Crippen LogP contribution in [0.3, 0.4) is 0 Å². The first-order valence-corrected chi connectivity index (χ1v) is 11.7. The average Bonchev–Trinajstić information content (AvgIpc) is 3.18. The van der Waals surface area contributed by atoms with Crippen molar-refractivity contribution in [2.45, 2.75) is 52.0 Å². The van der Waals surface area contributed by atoms with Gasteiger partial charge in [0.25, 0.3) is 0 Å². The minimum atomic E-state index is -0.0436. The summed E-state index contributed by atoms with van der Waals surface area (Å²) in [7, 11) is 0. The number of piperidine rings is 2. The highest BCUT2D eigenvalue weighted by atomic mass is 16.2. The quantitative estimate of drug-likeness (QED) is 0.781. The molecule has 6 nitrogen and oxygen atoms in total. The number of likely N-dealkylation sites (tertiary alicyclic amines) is 2. The molecule has 0 saturated carbocycles. The molecule has 3 aliphatic heterocycles. The number of carbonyl (C=O) groups is 2. The van der Waals surface area contributed by atoms with Crippen molar-refractivity contribution in [3.05, 3.63) is 29.8 Å². The van der Waals surface area contributed by atoms with Crippen LogP contribution in [0.25, 0.3) is 0 Å². The number of nitrogens with zero attached hydrogens (tertiary/aromatic N) is 3. The summed E-state index contributed by atoms with van der Waals surface area (Å²) >= 11 is 0. The summed E-state index contributed by atoms with van der Waals surface area (Å²) in [6.45, 7) is 10.3. The van der Waals surface area contributed by atoms with Gasteiger partial charge in [-0.3, -0.25) is 9.69 Å². The first-order valence-electron chi connectivity index (χ1n) is 11.7. The van der Waals surface area contributed by atoms with E-state index in [2.05, 4.69) is 29.0 Å². The standard InChI is InChI=1S/C24H36N4O2/c1-18(2)9-13-26-14-10-22-20(17-26)4-3-12-28(22)23(29)16-19-5-7-21(8-6-19)27-15-11-25-24(27)30/h5-8,18,20,22H,3-4,9-17H2,1-2H3,(H,25,30)/t20-,22-/m0/s1. The summed E-state index contributed by atoms with van der Waals surface area (Å²) in [4.78, 5) is 31.5. The molecule has 3 aliphatic rings. The third kappa shape index (κ3) is 4.80. The van der Waals surface area contributed by atoms with Gasteiger partial charge in [0, 0.05) is 44.5 Å². The van der Waals surface area contributed by atoms with Crippen molar-refractivity contribution in [1.29, 1.82) is 0 Å². The zero-order valence-corrected chi connectivity index (χ0v) is 18.5. The van der Waals surface area contributed by atoms with Crippen LogP contribution in [-0.4, -0.2) is 67.0 Å². The second-order valence-electron chi connectivity index (χ2n) is 9.56. The summed E-state index contributed by atoms with van der Waals surface area (Å²) in [6.07, 6.45) is 5.19. The number of anilines is 1. The molecule has 0 aliphatic carbocycles. The van der Waals surface area contributed by atoms with E-state index in [9.17, 15) is 9.59 Å². The van der Waals surface area contributed by atoms with Gasteiger partial charge in [-0.1, -0.05) is 26.0 Å². The number of hydrogen-bond acceptors (Lipinski definition) is 3. The maximum absolute atomic E-state index is 13.1. The molecule has 0 unspecified atom stereocenters. The normalized spacial score (nSPS) is 24.8. The van der Waals surface area contributed by atoms with Gasteiger partial charge in [0.2, 0.25) is 5.91 Å². The molecular weight excluding hydrogens is 376 g/mol. The molecule has 1 aromatic carbocycles. The Labute approximate surface area is 180 Å². The molecule has 0 spiro atoms. The number of hydrogen-bond donors (Lipinski definition) is 1.